The maximum atomic E-state index is 5.48. The molecule has 0 atom stereocenters. The van der Waals surface area contributed by atoms with Crippen LogP contribution in [0.2, 0.25) is 0 Å². The third-order valence-electron chi connectivity index (χ3n) is 10.6. The predicted molar refractivity (Wildman–Crippen MR) is 211 cm³/mol. The summed E-state index contributed by atoms with van der Waals surface area (Å²) < 4.78 is 0. The third kappa shape index (κ3) is 4.66. The predicted octanol–water partition coefficient (Wildman–Crippen LogP) is 12.7. The minimum Gasteiger partial charge on any atom is -0.247 e. The lowest BCUT2D eigenvalue weighted by Gasteiger charge is -2.23. The van der Waals surface area contributed by atoms with Crippen molar-refractivity contribution < 1.29 is 0 Å². The average molecular weight is 636 g/mol. The molecule has 0 amide bonds. The van der Waals surface area contributed by atoms with Crippen LogP contribution in [-0.2, 0) is 12.8 Å². The molecule has 0 saturated carbocycles. The van der Waals surface area contributed by atoms with E-state index in [0.717, 1.165) is 29.6 Å². The number of para-hydroxylation sites is 1. The Balaban J connectivity index is 1.26. The first-order chi connectivity index (χ1) is 24.8. The lowest BCUT2D eigenvalue weighted by molar-refractivity contribution is 1.15. The van der Waals surface area contributed by atoms with Crippen molar-refractivity contribution in [1.82, 2.24) is 4.98 Å². The number of rotatable bonds is 2. The molecule has 50 heavy (non-hydrogen) atoms. The molecule has 0 saturated heterocycles. The van der Waals surface area contributed by atoms with Gasteiger partial charge in [0.2, 0.25) is 0 Å². The van der Waals surface area contributed by atoms with Gasteiger partial charge in [-0.05, 0) is 90.7 Å². The molecule has 10 rings (SSSR count). The molecule has 0 N–H and O–H groups in total. The minimum atomic E-state index is 0.830. The first-order valence-corrected chi connectivity index (χ1v) is 17.5. The van der Waals surface area contributed by atoms with Gasteiger partial charge in [-0.3, -0.25) is 0 Å². The van der Waals surface area contributed by atoms with Crippen LogP contribution in [0.15, 0.2) is 176 Å². The van der Waals surface area contributed by atoms with Gasteiger partial charge in [0.05, 0.1) is 11.2 Å². The summed E-state index contributed by atoms with van der Waals surface area (Å²) in [5, 5.41) is 6.16. The van der Waals surface area contributed by atoms with Gasteiger partial charge >= 0.3 is 0 Å². The number of hydrogen-bond acceptors (Lipinski definition) is 1. The van der Waals surface area contributed by atoms with Gasteiger partial charge in [0.1, 0.15) is 0 Å². The summed E-state index contributed by atoms with van der Waals surface area (Å²) in [5.74, 6) is 0. The SMILES string of the molecule is c1ccc2c(c1)Cc1ccccc1-c1c(ccc3c1c(-c1ccc(-c4cccc5ccccc45)cc1)nc1ccccc13)Cc1ccccc1-2. The molecule has 0 bridgehead atoms. The van der Waals surface area contributed by atoms with E-state index in [4.69, 9.17) is 4.98 Å². The Morgan fingerprint density at radius 2 is 0.880 bits per heavy atom. The molecule has 0 spiro atoms. The quantitative estimate of drug-likeness (QED) is 0.172. The summed E-state index contributed by atoms with van der Waals surface area (Å²) in [6, 6.07) is 64.5. The largest absolute Gasteiger partial charge is 0.247 e. The smallest absolute Gasteiger partial charge is 0.0794 e. The highest BCUT2D eigenvalue weighted by Crippen LogP contribution is 2.45. The van der Waals surface area contributed by atoms with Gasteiger partial charge in [0, 0.05) is 16.3 Å². The molecule has 0 radical (unpaired) electrons. The zero-order chi connectivity index (χ0) is 33.0. The van der Waals surface area contributed by atoms with E-state index >= 15 is 0 Å². The number of nitrogens with zero attached hydrogens (tertiary/aromatic N) is 1. The Kier molecular flexibility index (Phi) is 6.70. The highest BCUT2D eigenvalue weighted by atomic mass is 14.7. The summed E-state index contributed by atoms with van der Waals surface area (Å²) in [4.78, 5) is 5.48. The van der Waals surface area contributed by atoms with E-state index in [9.17, 15) is 0 Å². The van der Waals surface area contributed by atoms with Crippen LogP contribution in [0.5, 0.6) is 0 Å². The van der Waals surface area contributed by atoms with Gasteiger partial charge in [-0.15, -0.1) is 0 Å². The van der Waals surface area contributed by atoms with Crippen molar-refractivity contribution in [3.8, 4) is 44.6 Å². The van der Waals surface area contributed by atoms with E-state index in [1.807, 2.05) is 0 Å². The normalized spacial score (nSPS) is 12.2. The Morgan fingerprint density at radius 1 is 0.340 bits per heavy atom. The van der Waals surface area contributed by atoms with Crippen LogP contribution >= 0.6 is 0 Å². The van der Waals surface area contributed by atoms with Gasteiger partial charge in [-0.2, -0.15) is 0 Å². The molecule has 1 heterocycles. The first kappa shape index (κ1) is 28.7. The summed E-state index contributed by atoms with van der Waals surface area (Å²) >= 11 is 0. The van der Waals surface area contributed by atoms with Gasteiger partial charge in [0.15, 0.2) is 0 Å². The highest BCUT2D eigenvalue weighted by Gasteiger charge is 2.23. The molecule has 234 valence electrons. The molecule has 1 aliphatic carbocycles. The van der Waals surface area contributed by atoms with Crippen molar-refractivity contribution in [3.63, 3.8) is 0 Å². The van der Waals surface area contributed by atoms with E-state index < -0.39 is 0 Å². The minimum absolute atomic E-state index is 0.830. The van der Waals surface area contributed by atoms with Gasteiger partial charge in [-0.25, -0.2) is 4.98 Å². The molecule has 1 nitrogen and oxygen atoms in total. The molecule has 0 aliphatic heterocycles. The van der Waals surface area contributed by atoms with Crippen LogP contribution in [0.3, 0.4) is 0 Å². The van der Waals surface area contributed by atoms with Crippen LogP contribution in [0.1, 0.15) is 22.3 Å². The lowest BCUT2D eigenvalue weighted by atomic mass is 9.81. The Bertz CT molecular complexity index is 2750. The van der Waals surface area contributed by atoms with Crippen molar-refractivity contribution in [2.45, 2.75) is 12.8 Å². The number of pyridine rings is 1. The molecule has 8 aromatic carbocycles. The van der Waals surface area contributed by atoms with Crippen LogP contribution in [0.4, 0.5) is 0 Å². The van der Waals surface area contributed by atoms with E-state index in [0.29, 0.717) is 0 Å². The highest BCUT2D eigenvalue weighted by molar-refractivity contribution is 6.17. The second kappa shape index (κ2) is 11.7. The maximum Gasteiger partial charge on any atom is 0.0794 e. The van der Waals surface area contributed by atoms with Crippen molar-refractivity contribution in [2.75, 3.05) is 0 Å². The van der Waals surface area contributed by atoms with Crippen molar-refractivity contribution >= 4 is 32.4 Å². The zero-order valence-electron chi connectivity index (χ0n) is 27.6. The molecule has 0 fully saturated rings. The lowest BCUT2D eigenvalue weighted by Crippen LogP contribution is -2.04. The number of aromatic nitrogens is 1. The summed E-state index contributed by atoms with van der Waals surface area (Å²) in [6.45, 7) is 0. The fourth-order valence-corrected chi connectivity index (χ4v) is 8.24. The topological polar surface area (TPSA) is 12.9 Å². The zero-order valence-corrected chi connectivity index (χ0v) is 27.6. The van der Waals surface area contributed by atoms with Crippen LogP contribution in [-0.4, -0.2) is 4.98 Å². The second-order valence-corrected chi connectivity index (χ2v) is 13.4. The standard InChI is InChI=1S/C49H33N/c1-5-17-39-32(12-1)16-11-22-40(39)33-24-26-34(27-25-33)49-48-45(44-21-9-10-23-46(44)50-49)29-28-38-31-36-14-3-7-19-42(36)41-18-6-2-13-35(41)30-37-15-4-8-20-43(37)47(38)48/h1-29H,30-31H2. The first-order valence-electron chi connectivity index (χ1n) is 17.5. The van der Waals surface area contributed by atoms with Crippen LogP contribution in [0, 0.1) is 0 Å². The fraction of sp³-hybridized carbons (Fsp3) is 0.0408. The molecule has 0 unspecified atom stereocenters. The molecule has 9 aromatic rings. The van der Waals surface area contributed by atoms with E-state index in [1.54, 1.807) is 0 Å². The average Bonchev–Trinajstić information content (AvgIpc) is 3.18. The van der Waals surface area contributed by atoms with Crippen molar-refractivity contribution in [3.05, 3.63) is 198 Å². The molecular formula is C49H33N. The number of benzene rings is 8. The van der Waals surface area contributed by atoms with Gasteiger partial charge < -0.3 is 0 Å². The fourth-order valence-electron chi connectivity index (χ4n) is 8.24. The summed E-state index contributed by atoms with van der Waals surface area (Å²) in [5.41, 5.74) is 16.2. The maximum absolute atomic E-state index is 5.48. The Morgan fingerprint density at radius 3 is 1.64 bits per heavy atom. The Hall–Kier alpha value is -6.31. The second-order valence-electron chi connectivity index (χ2n) is 13.4. The van der Waals surface area contributed by atoms with Crippen LogP contribution < -0.4 is 0 Å². The van der Waals surface area contributed by atoms with E-state index in [2.05, 4.69) is 176 Å². The summed E-state index contributed by atoms with van der Waals surface area (Å²) in [7, 11) is 0. The summed E-state index contributed by atoms with van der Waals surface area (Å²) in [6.07, 6.45) is 1.68. The van der Waals surface area contributed by atoms with Gasteiger partial charge in [-0.1, -0.05) is 170 Å². The molecule has 1 aliphatic rings. The van der Waals surface area contributed by atoms with E-state index in [-0.39, 0.29) is 0 Å². The van der Waals surface area contributed by atoms with Crippen molar-refractivity contribution in [1.29, 1.82) is 0 Å². The number of fused-ring (bicyclic) bond motifs is 11. The van der Waals surface area contributed by atoms with E-state index in [1.165, 1.54) is 82.6 Å². The van der Waals surface area contributed by atoms with Gasteiger partial charge in [0.25, 0.3) is 0 Å². The van der Waals surface area contributed by atoms with Crippen LogP contribution in [0.25, 0.3) is 77.1 Å². The van der Waals surface area contributed by atoms with Crippen molar-refractivity contribution in [2.24, 2.45) is 0 Å². The third-order valence-corrected chi connectivity index (χ3v) is 10.6. The Labute approximate surface area is 292 Å². The molecular weight excluding hydrogens is 603 g/mol. The monoisotopic (exact) mass is 635 g/mol. The number of hydrogen-bond donors (Lipinski definition) is 0. The molecule has 1 aromatic heterocycles. The molecule has 1 heteroatoms.